The highest BCUT2D eigenvalue weighted by atomic mass is 127. The van der Waals surface area contributed by atoms with Crippen molar-refractivity contribution in [3.05, 3.63) is 35.5 Å². The smallest absolute Gasteiger partial charge is 0.223 e. The number of methoxy groups -OCH3 is 2. The molecule has 0 amide bonds. The first-order chi connectivity index (χ1) is 14.1. The average Bonchev–Trinajstić information content (AvgIpc) is 3.16. The van der Waals surface area contributed by atoms with Gasteiger partial charge in [0.25, 0.3) is 0 Å². The van der Waals surface area contributed by atoms with E-state index in [1.807, 2.05) is 12.1 Å². The Bertz CT molecular complexity index is 821. The minimum atomic E-state index is 0. The van der Waals surface area contributed by atoms with Crippen molar-refractivity contribution in [1.82, 2.24) is 25.3 Å². The molecule has 2 heterocycles. The highest BCUT2D eigenvalue weighted by Gasteiger charge is 2.20. The monoisotopic (exact) mass is 530 g/mol. The Morgan fingerprint density at radius 2 is 1.90 bits per heavy atom. The third-order valence-corrected chi connectivity index (χ3v) is 4.80. The largest absolute Gasteiger partial charge is 0.493 e. The van der Waals surface area contributed by atoms with E-state index < -0.39 is 0 Å². The Kier molecular flexibility index (Phi) is 9.63. The Labute approximate surface area is 194 Å². The number of halogens is 1. The van der Waals surface area contributed by atoms with Crippen LogP contribution >= 0.6 is 24.0 Å². The SMILES string of the molecule is CCNC(=NCc1noc(C)n1)N1CCN(Cc2ccc(OC)c(OC)c2)CC1.I. The van der Waals surface area contributed by atoms with Crippen molar-refractivity contribution in [3.63, 3.8) is 0 Å². The molecule has 1 fully saturated rings. The topological polar surface area (TPSA) is 88.2 Å². The van der Waals surface area contributed by atoms with Crippen LogP contribution in [0.3, 0.4) is 0 Å². The van der Waals surface area contributed by atoms with Gasteiger partial charge in [-0.15, -0.1) is 24.0 Å². The number of nitrogens with one attached hydrogen (secondary N) is 1. The highest BCUT2D eigenvalue weighted by Crippen LogP contribution is 2.28. The molecule has 0 aliphatic carbocycles. The number of ether oxygens (including phenoxy) is 2. The Hall–Kier alpha value is -2.08. The summed E-state index contributed by atoms with van der Waals surface area (Å²) in [6.07, 6.45) is 0. The average molecular weight is 530 g/mol. The first kappa shape index (κ1) is 24.2. The maximum absolute atomic E-state index is 5.41. The van der Waals surface area contributed by atoms with Gasteiger partial charge in [-0.3, -0.25) is 4.90 Å². The van der Waals surface area contributed by atoms with Crippen molar-refractivity contribution in [2.75, 3.05) is 46.9 Å². The summed E-state index contributed by atoms with van der Waals surface area (Å²) < 4.78 is 15.8. The molecule has 0 bridgehead atoms. The van der Waals surface area contributed by atoms with Crippen LogP contribution in [0, 0.1) is 6.92 Å². The van der Waals surface area contributed by atoms with Crippen LogP contribution in [0.15, 0.2) is 27.7 Å². The van der Waals surface area contributed by atoms with Gasteiger partial charge in [0.15, 0.2) is 23.3 Å². The predicted octanol–water partition coefficient (Wildman–Crippen LogP) is 2.30. The number of benzene rings is 1. The van der Waals surface area contributed by atoms with Gasteiger partial charge in [-0.05, 0) is 24.6 Å². The van der Waals surface area contributed by atoms with Crippen LogP contribution in [0.4, 0.5) is 0 Å². The highest BCUT2D eigenvalue weighted by molar-refractivity contribution is 14.0. The minimum Gasteiger partial charge on any atom is -0.493 e. The second-order valence-electron chi connectivity index (χ2n) is 6.85. The number of aromatic nitrogens is 2. The predicted molar refractivity (Wildman–Crippen MR) is 126 cm³/mol. The minimum absolute atomic E-state index is 0. The fraction of sp³-hybridized carbons (Fsp3) is 0.550. The van der Waals surface area contributed by atoms with Crippen LogP contribution in [0.1, 0.15) is 24.2 Å². The summed E-state index contributed by atoms with van der Waals surface area (Å²) in [5.74, 6) is 3.57. The normalized spacial score (nSPS) is 14.9. The molecular formula is C20H31IN6O3. The fourth-order valence-electron chi connectivity index (χ4n) is 3.33. The fourth-order valence-corrected chi connectivity index (χ4v) is 3.33. The number of aryl methyl sites for hydroxylation is 1. The Morgan fingerprint density at radius 1 is 1.17 bits per heavy atom. The van der Waals surface area contributed by atoms with Gasteiger partial charge < -0.3 is 24.2 Å². The maximum atomic E-state index is 5.41. The zero-order valence-electron chi connectivity index (χ0n) is 18.1. The van der Waals surface area contributed by atoms with E-state index in [0.29, 0.717) is 18.3 Å². The zero-order chi connectivity index (χ0) is 20.6. The molecule has 0 radical (unpaired) electrons. The summed E-state index contributed by atoms with van der Waals surface area (Å²) in [7, 11) is 3.32. The maximum Gasteiger partial charge on any atom is 0.223 e. The van der Waals surface area contributed by atoms with Crippen molar-refractivity contribution in [2.45, 2.75) is 26.9 Å². The first-order valence-corrected chi connectivity index (χ1v) is 9.88. The van der Waals surface area contributed by atoms with Crippen molar-refractivity contribution >= 4 is 29.9 Å². The molecule has 0 spiro atoms. The van der Waals surface area contributed by atoms with E-state index in [9.17, 15) is 0 Å². The molecule has 3 rings (SSSR count). The standard InChI is InChI=1S/C20H30N6O3.HI/c1-5-21-20(22-13-19-23-15(2)29-24-19)26-10-8-25(9-11-26)14-16-6-7-17(27-3)18(12-16)28-4;/h6-7,12H,5,8-11,13-14H2,1-4H3,(H,21,22);1H. The van der Waals surface area contributed by atoms with Gasteiger partial charge in [0, 0.05) is 46.2 Å². The third-order valence-electron chi connectivity index (χ3n) is 4.80. The molecule has 1 aliphatic rings. The second-order valence-corrected chi connectivity index (χ2v) is 6.85. The van der Waals surface area contributed by atoms with E-state index in [-0.39, 0.29) is 24.0 Å². The van der Waals surface area contributed by atoms with E-state index in [0.717, 1.165) is 56.7 Å². The molecule has 1 N–H and O–H groups in total. The van der Waals surface area contributed by atoms with Crippen molar-refractivity contribution in [1.29, 1.82) is 0 Å². The quantitative estimate of drug-likeness (QED) is 0.332. The van der Waals surface area contributed by atoms with Crippen LogP contribution in [-0.4, -0.2) is 72.8 Å². The van der Waals surface area contributed by atoms with Gasteiger partial charge in [-0.25, -0.2) is 4.99 Å². The van der Waals surface area contributed by atoms with E-state index >= 15 is 0 Å². The van der Waals surface area contributed by atoms with Crippen molar-refractivity contribution in [3.8, 4) is 11.5 Å². The van der Waals surface area contributed by atoms with Gasteiger partial charge in [-0.2, -0.15) is 4.98 Å². The molecule has 0 unspecified atom stereocenters. The van der Waals surface area contributed by atoms with Crippen LogP contribution in [0.2, 0.25) is 0 Å². The van der Waals surface area contributed by atoms with Crippen molar-refractivity contribution < 1.29 is 14.0 Å². The van der Waals surface area contributed by atoms with Crippen LogP contribution < -0.4 is 14.8 Å². The number of aliphatic imine (C=N–C) groups is 1. The zero-order valence-corrected chi connectivity index (χ0v) is 20.4. The van der Waals surface area contributed by atoms with Crippen molar-refractivity contribution in [2.24, 2.45) is 4.99 Å². The lowest BCUT2D eigenvalue weighted by Gasteiger charge is -2.36. The lowest BCUT2D eigenvalue weighted by atomic mass is 10.1. The molecule has 1 aromatic carbocycles. The number of rotatable bonds is 7. The van der Waals surface area contributed by atoms with Gasteiger partial charge in [0.05, 0.1) is 14.2 Å². The van der Waals surface area contributed by atoms with Gasteiger partial charge in [-0.1, -0.05) is 11.2 Å². The van der Waals surface area contributed by atoms with Gasteiger partial charge in [0.2, 0.25) is 5.89 Å². The molecule has 2 aromatic rings. The van der Waals surface area contributed by atoms with E-state index in [2.05, 4.69) is 43.2 Å². The van der Waals surface area contributed by atoms with Crippen LogP contribution in [0.5, 0.6) is 11.5 Å². The summed E-state index contributed by atoms with van der Waals surface area (Å²) in [5.41, 5.74) is 1.21. The lowest BCUT2D eigenvalue weighted by molar-refractivity contribution is 0.172. The van der Waals surface area contributed by atoms with E-state index in [1.165, 1.54) is 5.56 Å². The number of hydrogen-bond acceptors (Lipinski definition) is 7. The summed E-state index contributed by atoms with van der Waals surface area (Å²) in [5, 5.41) is 7.27. The molecular weight excluding hydrogens is 499 g/mol. The second kappa shape index (κ2) is 11.9. The molecule has 166 valence electrons. The van der Waals surface area contributed by atoms with E-state index in [4.69, 9.17) is 14.0 Å². The molecule has 1 aromatic heterocycles. The lowest BCUT2D eigenvalue weighted by Crippen LogP contribution is -2.52. The summed E-state index contributed by atoms with van der Waals surface area (Å²) in [4.78, 5) is 13.6. The molecule has 10 heteroatoms. The summed E-state index contributed by atoms with van der Waals surface area (Å²) in [6, 6.07) is 6.09. The van der Waals surface area contributed by atoms with Gasteiger partial charge >= 0.3 is 0 Å². The van der Waals surface area contributed by atoms with Crippen LogP contribution in [0.25, 0.3) is 0 Å². The molecule has 30 heavy (non-hydrogen) atoms. The van der Waals surface area contributed by atoms with Gasteiger partial charge in [0.1, 0.15) is 6.54 Å². The number of nitrogens with zero attached hydrogens (tertiary/aromatic N) is 5. The molecule has 1 aliphatic heterocycles. The van der Waals surface area contributed by atoms with Crippen LogP contribution in [-0.2, 0) is 13.1 Å². The molecule has 1 saturated heterocycles. The number of hydrogen-bond donors (Lipinski definition) is 1. The Morgan fingerprint density at radius 3 is 2.50 bits per heavy atom. The third kappa shape index (κ3) is 6.46. The molecule has 9 nitrogen and oxygen atoms in total. The van der Waals surface area contributed by atoms with E-state index in [1.54, 1.807) is 21.1 Å². The summed E-state index contributed by atoms with van der Waals surface area (Å²) in [6.45, 7) is 9.69. The number of piperazine rings is 1. The molecule has 0 atom stereocenters. The summed E-state index contributed by atoms with van der Waals surface area (Å²) >= 11 is 0. The first-order valence-electron chi connectivity index (χ1n) is 9.88. The molecule has 0 saturated carbocycles. The number of guanidine groups is 1. The Balaban J connectivity index is 0.00000320.